The van der Waals surface area contributed by atoms with Crippen LogP contribution in [-0.2, 0) is 28.9 Å². The molecule has 4 nitrogen and oxygen atoms in total. The number of fused-ring (bicyclic) bond motifs is 1. The maximum absolute atomic E-state index is 13.3. The summed E-state index contributed by atoms with van der Waals surface area (Å²) in [6, 6.07) is 8.99. The Kier molecular flexibility index (Phi) is 4.80. The molecule has 1 saturated heterocycles. The van der Waals surface area contributed by atoms with Gasteiger partial charge in [-0.3, -0.25) is 9.59 Å². The summed E-state index contributed by atoms with van der Waals surface area (Å²) in [5.74, 6) is -1.40. The topological polar surface area (TPSA) is 40.6 Å². The van der Waals surface area contributed by atoms with E-state index in [4.69, 9.17) is 0 Å². The van der Waals surface area contributed by atoms with Crippen molar-refractivity contribution in [3.63, 3.8) is 0 Å². The summed E-state index contributed by atoms with van der Waals surface area (Å²) < 4.78 is 51.5. The lowest BCUT2D eigenvalue weighted by atomic mass is 9.96. The Morgan fingerprint density at radius 1 is 1.03 bits per heavy atom. The maximum atomic E-state index is 13.3. The van der Waals surface area contributed by atoms with Gasteiger partial charge < -0.3 is 9.80 Å². The van der Waals surface area contributed by atoms with Gasteiger partial charge in [0.05, 0.1) is 18.0 Å². The van der Waals surface area contributed by atoms with Gasteiger partial charge in [-0.25, -0.2) is 4.39 Å². The molecule has 0 saturated carbocycles. The molecule has 2 aromatic rings. The minimum absolute atomic E-state index is 0.0908. The van der Waals surface area contributed by atoms with Crippen molar-refractivity contribution in [2.75, 3.05) is 13.1 Å². The van der Waals surface area contributed by atoms with Crippen LogP contribution in [0.4, 0.5) is 17.6 Å². The third-order valence-corrected chi connectivity index (χ3v) is 5.51. The van der Waals surface area contributed by atoms with Crippen LogP contribution in [0.3, 0.4) is 0 Å². The lowest BCUT2D eigenvalue weighted by molar-refractivity contribution is -0.139. The zero-order valence-electron chi connectivity index (χ0n) is 15.4. The van der Waals surface area contributed by atoms with Gasteiger partial charge in [-0.1, -0.05) is 18.2 Å². The molecule has 0 spiro atoms. The summed E-state index contributed by atoms with van der Waals surface area (Å²) in [6.45, 7) is 0.952. The summed E-state index contributed by atoms with van der Waals surface area (Å²) in [7, 11) is 0. The van der Waals surface area contributed by atoms with E-state index in [1.165, 1.54) is 29.2 Å². The average Bonchev–Trinajstić information content (AvgIpc) is 3.25. The van der Waals surface area contributed by atoms with E-state index in [-0.39, 0.29) is 24.2 Å². The Morgan fingerprint density at radius 3 is 2.41 bits per heavy atom. The monoisotopic (exact) mass is 406 g/mol. The van der Waals surface area contributed by atoms with Gasteiger partial charge in [0.15, 0.2) is 0 Å². The van der Waals surface area contributed by atoms with E-state index in [2.05, 4.69) is 0 Å². The van der Waals surface area contributed by atoms with Crippen LogP contribution in [-0.4, -0.2) is 34.7 Å². The third kappa shape index (κ3) is 3.83. The van der Waals surface area contributed by atoms with Crippen LogP contribution in [0.25, 0.3) is 0 Å². The van der Waals surface area contributed by atoms with E-state index in [1.54, 1.807) is 11.0 Å². The second-order valence-electron chi connectivity index (χ2n) is 7.38. The first-order chi connectivity index (χ1) is 13.7. The van der Waals surface area contributed by atoms with Gasteiger partial charge in [-0.2, -0.15) is 13.2 Å². The van der Waals surface area contributed by atoms with Crippen molar-refractivity contribution < 1.29 is 27.2 Å². The predicted octanol–water partition coefficient (Wildman–Crippen LogP) is 3.70. The Hall–Kier alpha value is -2.90. The van der Waals surface area contributed by atoms with Crippen molar-refractivity contribution in [3.8, 4) is 0 Å². The van der Waals surface area contributed by atoms with E-state index < -0.39 is 17.7 Å². The smallest absolute Gasteiger partial charge is 0.333 e. The number of hydrogen-bond donors (Lipinski definition) is 0. The quantitative estimate of drug-likeness (QED) is 0.730. The molecule has 0 N–H and O–H groups in total. The fraction of sp³-hybridized carbons (Fsp3) is 0.333. The first kappa shape index (κ1) is 19.4. The molecule has 1 fully saturated rings. The SMILES string of the molecule is O=C(CN1CCC(c2ccc(C(F)(F)F)cc2)C1=O)N1Cc2ccc(F)cc2C1. The molecule has 1 atom stereocenters. The molecule has 2 aliphatic heterocycles. The molecule has 0 radical (unpaired) electrons. The van der Waals surface area contributed by atoms with Gasteiger partial charge in [-0.05, 0) is 47.4 Å². The van der Waals surface area contributed by atoms with Gasteiger partial charge in [0, 0.05) is 19.6 Å². The number of alkyl halides is 3. The summed E-state index contributed by atoms with van der Waals surface area (Å²) in [5.41, 5.74) is 1.40. The number of amides is 2. The fourth-order valence-corrected chi connectivity index (χ4v) is 3.91. The van der Waals surface area contributed by atoms with Gasteiger partial charge >= 0.3 is 6.18 Å². The molecular formula is C21H18F4N2O2. The van der Waals surface area contributed by atoms with Crippen molar-refractivity contribution in [2.45, 2.75) is 31.6 Å². The van der Waals surface area contributed by atoms with Crippen LogP contribution in [0, 0.1) is 5.82 Å². The van der Waals surface area contributed by atoms with Crippen LogP contribution in [0.15, 0.2) is 42.5 Å². The molecule has 29 heavy (non-hydrogen) atoms. The number of carbonyl (C=O) groups is 2. The zero-order valence-corrected chi connectivity index (χ0v) is 15.4. The molecule has 0 bridgehead atoms. The molecule has 0 aliphatic carbocycles. The van der Waals surface area contributed by atoms with Crippen molar-refractivity contribution >= 4 is 11.8 Å². The molecule has 2 aliphatic rings. The summed E-state index contributed by atoms with van der Waals surface area (Å²) in [4.78, 5) is 28.3. The number of likely N-dealkylation sites (tertiary alicyclic amines) is 1. The lowest BCUT2D eigenvalue weighted by Crippen LogP contribution is -2.39. The number of nitrogens with zero attached hydrogens (tertiary/aromatic N) is 2. The van der Waals surface area contributed by atoms with Gasteiger partial charge in [0.1, 0.15) is 5.82 Å². The standard InChI is InChI=1S/C21H18F4N2O2/c22-17-6-3-14-10-27(11-15(14)9-17)19(28)12-26-8-7-18(20(26)29)13-1-4-16(5-2-13)21(23,24)25/h1-6,9,18H,7-8,10-12H2. The molecule has 0 aromatic heterocycles. The number of rotatable bonds is 3. The largest absolute Gasteiger partial charge is 0.416 e. The molecule has 2 aromatic carbocycles. The first-order valence-electron chi connectivity index (χ1n) is 9.23. The Labute approximate surface area is 164 Å². The van der Waals surface area contributed by atoms with E-state index in [0.29, 0.717) is 31.6 Å². The maximum Gasteiger partial charge on any atom is 0.416 e. The van der Waals surface area contributed by atoms with Crippen molar-refractivity contribution in [1.82, 2.24) is 9.80 Å². The molecule has 152 valence electrons. The van der Waals surface area contributed by atoms with Crippen molar-refractivity contribution in [2.24, 2.45) is 0 Å². The predicted molar refractivity (Wildman–Crippen MR) is 96.0 cm³/mol. The Morgan fingerprint density at radius 2 is 1.72 bits per heavy atom. The van der Waals surface area contributed by atoms with E-state index in [9.17, 15) is 27.2 Å². The summed E-state index contributed by atoms with van der Waals surface area (Å²) >= 11 is 0. The first-order valence-corrected chi connectivity index (χ1v) is 9.23. The Balaban J connectivity index is 1.39. The minimum atomic E-state index is -4.42. The molecule has 4 rings (SSSR count). The molecular weight excluding hydrogens is 388 g/mol. The van der Waals surface area contributed by atoms with Gasteiger partial charge in [-0.15, -0.1) is 0 Å². The van der Waals surface area contributed by atoms with Gasteiger partial charge in [0.25, 0.3) is 0 Å². The van der Waals surface area contributed by atoms with Crippen LogP contribution in [0.5, 0.6) is 0 Å². The number of halogens is 4. The second kappa shape index (κ2) is 7.17. The highest BCUT2D eigenvalue weighted by Gasteiger charge is 2.36. The molecule has 8 heteroatoms. The minimum Gasteiger partial charge on any atom is -0.333 e. The lowest BCUT2D eigenvalue weighted by Gasteiger charge is -2.21. The van der Waals surface area contributed by atoms with E-state index in [0.717, 1.165) is 23.3 Å². The van der Waals surface area contributed by atoms with Crippen LogP contribution >= 0.6 is 0 Å². The Bertz CT molecular complexity index is 956. The number of hydrogen-bond acceptors (Lipinski definition) is 2. The van der Waals surface area contributed by atoms with Crippen molar-refractivity contribution in [3.05, 3.63) is 70.5 Å². The number of carbonyl (C=O) groups excluding carboxylic acids is 2. The zero-order chi connectivity index (χ0) is 20.8. The molecule has 1 unspecified atom stereocenters. The third-order valence-electron chi connectivity index (χ3n) is 5.51. The van der Waals surface area contributed by atoms with Crippen LogP contribution < -0.4 is 0 Å². The normalized spacial score (nSPS) is 19.0. The highest BCUT2D eigenvalue weighted by molar-refractivity contribution is 5.90. The van der Waals surface area contributed by atoms with Crippen LogP contribution in [0.1, 0.15) is 34.6 Å². The summed E-state index contributed by atoms with van der Waals surface area (Å²) in [5, 5.41) is 0. The molecule has 2 amide bonds. The fourth-order valence-electron chi connectivity index (χ4n) is 3.91. The van der Waals surface area contributed by atoms with E-state index >= 15 is 0 Å². The van der Waals surface area contributed by atoms with Crippen molar-refractivity contribution in [1.29, 1.82) is 0 Å². The van der Waals surface area contributed by atoms with Crippen LogP contribution in [0.2, 0.25) is 0 Å². The summed E-state index contributed by atoms with van der Waals surface area (Å²) in [6.07, 6.45) is -3.98. The average molecular weight is 406 g/mol. The van der Waals surface area contributed by atoms with Gasteiger partial charge in [0.2, 0.25) is 11.8 Å². The highest BCUT2D eigenvalue weighted by Crippen LogP contribution is 2.33. The number of benzene rings is 2. The second-order valence-corrected chi connectivity index (χ2v) is 7.38. The van der Waals surface area contributed by atoms with E-state index in [1.807, 2.05) is 0 Å². The highest BCUT2D eigenvalue weighted by atomic mass is 19.4. The molecule has 2 heterocycles.